The number of nitrogens with zero attached hydrogens (tertiary/aromatic N) is 2. The Morgan fingerprint density at radius 1 is 1.38 bits per heavy atom. The van der Waals surface area contributed by atoms with Crippen molar-refractivity contribution in [3.8, 4) is 0 Å². The van der Waals surface area contributed by atoms with Gasteiger partial charge in [-0.3, -0.25) is 0 Å². The molecule has 1 aromatic heterocycles. The van der Waals surface area contributed by atoms with Gasteiger partial charge in [0.15, 0.2) is 5.82 Å². The molecule has 0 bridgehead atoms. The molecule has 2 amide bonds. The third-order valence-corrected chi connectivity index (χ3v) is 2.77. The summed E-state index contributed by atoms with van der Waals surface area (Å²) in [6.45, 7) is 2.03. The Balaban J connectivity index is 1.87. The van der Waals surface area contributed by atoms with Gasteiger partial charge in [-0.1, -0.05) is 11.2 Å². The largest absolute Gasteiger partial charge is 0.478 e. The Morgan fingerprint density at radius 2 is 2.19 bits per heavy atom. The highest BCUT2D eigenvalue weighted by Gasteiger charge is 2.09. The lowest BCUT2D eigenvalue weighted by molar-refractivity contribution is 0.0696. The Hall–Kier alpha value is -2.90. The van der Waals surface area contributed by atoms with Crippen LogP contribution < -0.4 is 10.6 Å². The zero-order chi connectivity index (χ0) is 15.2. The maximum atomic E-state index is 11.7. The Bertz CT molecular complexity index is 640. The van der Waals surface area contributed by atoms with Crippen LogP contribution in [0.15, 0.2) is 29.1 Å². The van der Waals surface area contributed by atoms with Crippen molar-refractivity contribution in [2.45, 2.75) is 13.3 Å². The molecule has 1 heterocycles. The van der Waals surface area contributed by atoms with Gasteiger partial charge in [-0.15, -0.1) is 0 Å². The van der Waals surface area contributed by atoms with Crippen molar-refractivity contribution in [1.29, 1.82) is 0 Å². The molecule has 8 heteroatoms. The Morgan fingerprint density at radius 3 is 2.86 bits per heavy atom. The summed E-state index contributed by atoms with van der Waals surface area (Å²) in [5.41, 5.74) is 1.19. The number of rotatable bonds is 5. The lowest BCUT2D eigenvalue weighted by atomic mass is 10.1. The van der Waals surface area contributed by atoms with Gasteiger partial charge >= 0.3 is 12.0 Å². The molecule has 0 atom stereocenters. The van der Waals surface area contributed by atoms with Gasteiger partial charge in [-0.25, -0.2) is 9.59 Å². The third kappa shape index (κ3) is 4.03. The second-order valence-electron chi connectivity index (χ2n) is 4.31. The van der Waals surface area contributed by atoms with E-state index in [-0.39, 0.29) is 5.56 Å². The molecule has 0 aliphatic heterocycles. The first kappa shape index (κ1) is 14.5. The molecule has 0 aliphatic rings. The number of carboxylic acid groups (broad SMARTS) is 1. The van der Waals surface area contributed by atoms with E-state index in [4.69, 9.17) is 5.11 Å². The van der Waals surface area contributed by atoms with Crippen molar-refractivity contribution in [2.24, 2.45) is 0 Å². The maximum Gasteiger partial charge on any atom is 0.336 e. The van der Waals surface area contributed by atoms with Crippen LogP contribution in [0.3, 0.4) is 0 Å². The molecule has 21 heavy (non-hydrogen) atoms. The number of hydrogen-bond acceptors (Lipinski definition) is 5. The predicted molar refractivity (Wildman–Crippen MR) is 73.2 cm³/mol. The summed E-state index contributed by atoms with van der Waals surface area (Å²) >= 11 is 0. The van der Waals surface area contributed by atoms with Gasteiger partial charge in [-0.05, 0) is 24.6 Å². The van der Waals surface area contributed by atoms with Crippen LogP contribution in [0.25, 0.3) is 0 Å². The fourth-order valence-electron chi connectivity index (χ4n) is 1.70. The minimum atomic E-state index is -1.03. The normalized spacial score (nSPS) is 10.1. The number of aromatic nitrogens is 2. The summed E-state index contributed by atoms with van der Waals surface area (Å²) in [5, 5.41) is 17.8. The smallest absolute Gasteiger partial charge is 0.336 e. The van der Waals surface area contributed by atoms with Gasteiger partial charge in [-0.2, -0.15) is 4.98 Å². The Kier molecular flexibility index (Phi) is 4.50. The highest BCUT2D eigenvalue weighted by atomic mass is 16.5. The number of anilines is 1. The van der Waals surface area contributed by atoms with Crippen molar-refractivity contribution in [1.82, 2.24) is 15.5 Å². The molecule has 0 unspecified atom stereocenters. The zero-order valence-corrected chi connectivity index (χ0v) is 11.3. The minimum Gasteiger partial charge on any atom is -0.478 e. The van der Waals surface area contributed by atoms with E-state index in [1.807, 2.05) is 0 Å². The van der Waals surface area contributed by atoms with E-state index in [0.717, 1.165) is 0 Å². The molecule has 2 aromatic rings. The quantitative estimate of drug-likeness (QED) is 0.767. The maximum absolute atomic E-state index is 11.7. The van der Waals surface area contributed by atoms with Gasteiger partial charge < -0.3 is 20.3 Å². The van der Waals surface area contributed by atoms with Crippen LogP contribution in [0.1, 0.15) is 21.7 Å². The fraction of sp³-hybridized carbons (Fsp3) is 0.231. The molecule has 3 N–H and O–H groups in total. The zero-order valence-electron chi connectivity index (χ0n) is 11.3. The van der Waals surface area contributed by atoms with Gasteiger partial charge in [0.25, 0.3) is 0 Å². The molecule has 1 aromatic carbocycles. The number of aromatic carboxylic acids is 1. The topological polar surface area (TPSA) is 117 Å². The number of carboxylic acids is 1. The van der Waals surface area contributed by atoms with Crippen LogP contribution in [0.2, 0.25) is 0 Å². The SMILES string of the molecule is Cc1ccc(NC(=O)NCCc2ncon2)cc1C(=O)O. The summed E-state index contributed by atoms with van der Waals surface area (Å²) in [4.78, 5) is 26.5. The molecule has 0 saturated carbocycles. The number of amides is 2. The second kappa shape index (κ2) is 6.51. The standard InChI is InChI=1S/C13H14N4O4/c1-8-2-3-9(6-10(8)12(18)19)16-13(20)14-5-4-11-15-7-21-17-11/h2-3,6-7H,4-5H2,1H3,(H,18,19)(H2,14,16,20). The number of carbonyl (C=O) groups is 2. The highest BCUT2D eigenvalue weighted by Crippen LogP contribution is 2.15. The molecule has 0 fully saturated rings. The summed E-state index contributed by atoms with van der Waals surface area (Å²) in [6.07, 6.45) is 1.66. The van der Waals surface area contributed by atoms with Gasteiger partial charge in [0.1, 0.15) is 0 Å². The minimum absolute atomic E-state index is 0.152. The third-order valence-electron chi connectivity index (χ3n) is 2.77. The van der Waals surface area contributed by atoms with E-state index < -0.39 is 12.0 Å². The van der Waals surface area contributed by atoms with E-state index in [9.17, 15) is 9.59 Å². The van der Waals surface area contributed by atoms with E-state index >= 15 is 0 Å². The first-order chi connectivity index (χ1) is 10.1. The number of aryl methyl sites for hydroxylation is 1. The Labute approximate surface area is 120 Å². The summed E-state index contributed by atoms with van der Waals surface area (Å²) in [6, 6.07) is 4.26. The van der Waals surface area contributed by atoms with Crippen molar-refractivity contribution in [2.75, 3.05) is 11.9 Å². The number of carbonyl (C=O) groups excluding carboxylic acids is 1. The van der Waals surface area contributed by atoms with E-state index in [0.29, 0.717) is 30.0 Å². The molecule has 2 rings (SSSR count). The molecule has 0 radical (unpaired) electrons. The summed E-state index contributed by atoms with van der Waals surface area (Å²) < 4.78 is 4.57. The molecular formula is C13H14N4O4. The highest BCUT2D eigenvalue weighted by molar-refractivity contribution is 5.94. The van der Waals surface area contributed by atoms with E-state index in [2.05, 4.69) is 25.3 Å². The van der Waals surface area contributed by atoms with Crippen molar-refractivity contribution in [3.05, 3.63) is 41.5 Å². The van der Waals surface area contributed by atoms with Crippen molar-refractivity contribution < 1.29 is 19.2 Å². The second-order valence-corrected chi connectivity index (χ2v) is 4.31. The average Bonchev–Trinajstić information content (AvgIpc) is 2.94. The molecule has 110 valence electrons. The van der Waals surface area contributed by atoms with Crippen LogP contribution in [0, 0.1) is 6.92 Å². The fourth-order valence-corrected chi connectivity index (χ4v) is 1.70. The number of benzene rings is 1. The van der Waals surface area contributed by atoms with Crippen molar-refractivity contribution in [3.63, 3.8) is 0 Å². The van der Waals surface area contributed by atoms with Gasteiger partial charge in [0, 0.05) is 18.7 Å². The molecule has 0 saturated heterocycles. The van der Waals surface area contributed by atoms with Crippen LogP contribution in [0.4, 0.5) is 10.5 Å². The molecule has 0 aliphatic carbocycles. The van der Waals surface area contributed by atoms with E-state index in [1.54, 1.807) is 19.1 Å². The first-order valence-corrected chi connectivity index (χ1v) is 6.20. The van der Waals surface area contributed by atoms with Crippen LogP contribution >= 0.6 is 0 Å². The monoisotopic (exact) mass is 290 g/mol. The van der Waals surface area contributed by atoms with Crippen LogP contribution in [-0.4, -0.2) is 33.8 Å². The van der Waals surface area contributed by atoms with Crippen molar-refractivity contribution >= 4 is 17.7 Å². The molecule has 8 nitrogen and oxygen atoms in total. The lowest BCUT2D eigenvalue weighted by Gasteiger charge is -2.08. The predicted octanol–water partition coefficient (Wildman–Crippen LogP) is 1.44. The van der Waals surface area contributed by atoms with Gasteiger partial charge in [0.05, 0.1) is 5.56 Å². The molecular weight excluding hydrogens is 276 g/mol. The molecule has 0 spiro atoms. The lowest BCUT2D eigenvalue weighted by Crippen LogP contribution is -2.30. The average molecular weight is 290 g/mol. The first-order valence-electron chi connectivity index (χ1n) is 6.20. The number of urea groups is 1. The number of nitrogens with one attached hydrogen (secondary N) is 2. The summed E-state index contributed by atoms with van der Waals surface area (Å²) in [7, 11) is 0. The van der Waals surface area contributed by atoms with E-state index in [1.165, 1.54) is 12.5 Å². The van der Waals surface area contributed by atoms with Crippen LogP contribution in [-0.2, 0) is 6.42 Å². The van der Waals surface area contributed by atoms with Gasteiger partial charge in [0.2, 0.25) is 6.39 Å². The summed E-state index contributed by atoms with van der Waals surface area (Å²) in [5.74, 6) is -0.535. The van der Waals surface area contributed by atoms with Crippen LogP contribution in [0.5, 0.6) is 0 Å². The number of hydrogen-bond donors (Lipinski definition) is 3.